The average Bonchev–Trinajstić information content (AvgIpc) is 3.19. The molecular weight excluding hydrogens is 388 g/mol. The molecule has 3 rings (SSSR count). The second-order valence-electron chi connectivity index (χ2n) is 7.53. The summed E-state index contributed by atoms with van der Waals surface area (Å²) in [6.45, 7) is 7.20. The minimum atomic E-state index is -0.0113. The molecule has 7 nitrogen and oxygen atoms in total. The number of rotatable bonds is 7. The molecule has 0 aromatic carbocycles. The van der Waals surface area contributed by atoms with Crippen LogP contribution in [-0.2, 0) is 17.9 Å². The molecule has 3 heterocycles. The molecule has 2 aromatic heterocycles. The van der Waals surface area contributed by atoms with Gasteiger partial charge in [-0.3, -0.25) is 14.7 Å². The summed E-state index contributed by atoms with van der Waals surface area (Å²) in [6, 6.07) is 0.230. The first-order valence-corrected chi connectivity index (χ1v) is 10.7. The van der Waals surface area contributed by atoms with E-state index in [1.54, 1.807) is 14.2 Å². The Hall–Kier alpha value is -2.03. The summed E-state index contributed by atoms with van der Waals surface area (Å²) in [6.07, 6.45) is 3.77. The highest BCUT2D eigenvalue weighted by Gasteiger charge is 2.27. The zero-order valence-corrected chi connectivity index (χ0v) is 18.7. The topological polar surface area (TPSA) is 67.8 Å². The first kappa shape index (κ1) is 21.7. The van der Waals surface area contributed by atoms with Gasteiger partial charge in [0, 0.05) is 62.5 Å². The van der Waals surface area contributed by atoms with Gasteiger partial charge in [-0.2, -0.15) is 0 Å². The molecule has 0 aliphatic carbocycles. The first-order valence-electron chi connectivity index (χ1n) is 9.86. The Kier molecular flexibility index (Phi) is 7.21. The van der Waals surface area contributed by atoms with Crippen LogP contribution in [0.15, 0.2) is 11.6 Å². The van der Waals surface area contributed by atoms with Crippen LogP contribution in [0.1, 0.15) is 45.2 Å². The normalized spacial score (nSPS) is 15.5. The van der Waals surface area contributed by atoms with Gasteiger partial charge >= 0.3 is 0 Å². The molecule has 0 atom stereocenters. The molecule has 1 saturated heterocycles. The number of amides is 1. The summed E-state index contributed by atoms with van der Waals surface area (Å²) in [5, 5.41) is 2.65. The van der Waals surface area contributed by atoms with Crippen molar-refractivity contribution in [1.29, 1.82) is 0 Å². The molecule has 0 spiro atoms. The number of likely N-dealkylation sites (tertiary alicyclic amines) is 1. The van der Waals surface area contributed by atoms with E-state index in [9.17, 15) is 4.79 Å². The van der Waals surface area contributed by atoms with Gasteiger partial charge in [0.05, 0.1) is 19.4 Å². The Morgan fingerprint density at radius 3 is 2.69 bits per heavy atom. The lowest BCUT2D eigenvalue weighted by Crippen LogP contribution is -2.45. The molecule has 1 fully saturated rings. The van der Waals surface area contributed by atoms with E-state index in [0.29, 0.717) is 12.3 Å². The fourth-order valence-corrected chi connectivity index (χ4v) is 4.59. The number of hydrogen-bond donors (Lipinski definition) is 0. The molecule has 1 aliphatic heterocycles. The van der Waals surface area contributed by atoms with E-state index in [1.165, 1.54) is 11.3 Å². The molecule has 0 radical (unpaired) electrons. The molecule has 0 bridgehead atoms. The number of nitrogens with zero attached hydrogens (tertiary/aromatic N) is 4. The van der Waals surface area contributed by atoms with E-state index in [2.05, 4.69) is 21.8 Å². The summed E-state index contributed by atoms with van der Waals surface area (Å²) in [4.78, 5) is 26.0. The highest BCUT2D eigenvalue weighted by Crippen LogP contribution is 2.26. The Bertz CT molecular complexity index is 846. The Morgan fingerprint density at radius 2 is 2.03 bits per heavy atom. The van der Waals surface area contributed by atoms with Crippen LogP contribution in [0, 0.1) is 13.8 Å². The van der Waals surface area contributed by atoms with E-state index < -0.39 is 0 Å². The molecule has 8 heteroatoms. The lowest BCUT2D eigenvalue weighted by atomic mass is 10.0. The molecule has 2 aromatic rings. The van der Waals surface area contributed by atoms with Crippen molar-refractivity contribution >= 4 is 17.2 Å². The fraction of sp³-hybridized carbons (Fsp3) is 0.571. The summed E-state index contributed by atoms with van der Waals surface area (Å²) in [7, 11) is 5.22. The van der Waals surface area contributed by atoms with Gasteiger partial charge in [0.25, 0.3) is 5.91 Å². The molecule has 1 amide bonds. The van der Waals surface area contributed by atoms with Crippen LogP contribution < -0.4 is 4.74 Å². The number of methoxy groups -OCH3 is 2. The van der Waals surface area contributed by atoms with Crippen LogP contribution >= 0.6 is 11.3 Å². The fourth-order valence-electron chi connectivity index (χ4n) is 3.85. The minimum absolute atomic E-state index is 0.0113. The molecule has 29 heavy (non-hydrogen) atoms. The van der Waals surface area contributed by atoms with Gasteiger partial charge in [-0.25, -0.2) is 4.98 Å². The van der Waals surface area contributed by atoms with E-state index in [1.807, 2.05) is 30.4 Å². The van der Waals surface area contributed by atoms with Crippen molar-refractivity contribution in [2.24, 2.45) is 0 Å². The average molecular weight is 419 g/mol. The third-order valence-corrected chi connectivity index (χ3v) is 6.41. The van der Waals surface area contributed by atoms with Crippen LogP contribution in [0.4, 0.5) is 0 Å². The number of thiazole rings is 1. The molecule has 0 saturated carbocycles. The third kappa shape index (κ3) is 4.94. The Labute approximate surface area is 176 Å². The van der Waals surface area contributed by atoms with E-state index >= 15 is 0 Å². The minimum Gasteiger partial charge on any atom is -0.496 e. The van der Waals surface area contributed by atoms with Crippen molar-refractivity contribution in [1.82, 2.24) is 19.8 Å². The monoisotopic (exact) mass is 418 g/mol. The molecule has 0 N–H and O–H groups in total. The number of piperidine rings is 1. The lowest BCUT2D eigenvalue weighted by Gasteiger charge is -2.36. The Morgan fingerprint density at radius 1 is 1.31 bits per heavy atom. The van der Waals surface area contributed by atoms with E-state index in [0.717, 1.165) is 60.1 Å². The van der Waals surface area contributed by atoms with E-state index in [-0.39, 0.29) is 11.9 Å². The smallest absolute Gasteiger partial charge is 0.273 e. The molecule has 0 unspecified atom stereocenters. The van der Waals surface area contributed by atoms with E-state index in [4.69, 9.17) is 9.47 Å². The maximum absolute atomic E-state index is 12.8. The summed E-state index contributed by atoms with van der Waals surface area (Å²) in [5.41, 5.74) is 3.74. The molecule has 158 valence electrons. The van der Waals surface area contributed by atoms with Crippen molar-refractivity contribution in [2.45, 2.75) is 45.9 Å². The van der Waals surface area contributed by atoms with Crippen LogP contribution in [-0.4, -0.2) is 66.1 Å². The van der Waals surface area contributed by atoms with Crippen molar-refractivity contribution in [3.05, 3.63) is 39.1 Å². The van der Waals surface area contributed by atoms with Crippen molar-refractivity contribution in [2.75, 3.05) is 34.4 Å². The number of carbonyl (C=O) groups is 1. The number of ether oxygens (including phenoxy) is 2. The van der Waals surface area contributed by atoms with Crippen LogP contribution in [0.2, 0.25) is 0 Å². The quantitative estimate of drug-likeness (QED) is 0.688. The van der Waals surface area contributed by atoms with Gasteiger partial charge < -0.3 is 14.4 Å². The number of hydrogen-bond acceptors (Lipinski definition) is 7. The standard InChI is InChI=1S/C21H30N4O3S/c1-14-10-22-17(15(2)20(14)28-5)11-25-8-6-16(7-9-25)24(3)21(26)18-13-29-19(23-18)12-27-4/h10,13,16H,6-9,11-12H2,1-5H3. The van der Waals surface area contributed by atoms with Crippen LogP contribution in [0.25, 0.3) is 0 Å². The van der Waals surface area contributed by atoms with Gasteiger partial charge in [0.2, 0.25) is 0 Å². The van der Waals surface area contributed by atoms with Gasteiger partial charge in [0.1, 0.15) is 16.5 Å². The van der Waals surface area contributed by atoms with Gasteiger partial charge in [-0.05, 0) is 26.7 Å². The molecule has 1 aliphatic rings. The zero-order chi connectivity index (χ0) is 21.0. The first-order chi connectivity index (χ1) is 13.9. The van der Waals surface area contributed by atoms with Crippen LogP contribution in [0.5, 0.6) is 5.75 Å². The van der Waals surface area contributed by atoms with Crippen molar-refractivity contribution < 1.29 is 14.3 Å². The maximum atomic E-state index is 12.8. The molecular formula is C21H30N4O3S. The van der Waals surface area contributed by atoms with Gasteiger partial charge in [-0.15, -0.1) is 11.3 Å². The zero-order valence-electron chi connectivity index (χ0n) is 17.9. The maximum Gasteiger partial charge on any atom is 0.273 e. The summed E-state index contributed by atoms with van der Waals surface area (Å²) >= 11 is 1.46. The predicted molar refractivity (Wildman–Crippen MR) is 113 cm³/mol. The summed E-state index contributed by atoms with van der Waals surface area (Å²) < 4.78 is 10.6. The number of carbonyl (C=O) groups excluding carboxylic acids is 1. The number of aryl methyl sites for hydroxylation is 1. The number of aromatic nitrogens is 2. The van der Waals surface area contributed by atoms with Gasteiger partial charge in [-0.1, -0.05) is 0 Å². The Balaban J connectivity index is 1.56. The lowest BCUT2D eigenvalue weighted by molar-refractivity contribution is 0.0629. The van der Waals surface area contributed by atoms with Crippen LogP contribution in [0.3, 0.4) is 0 Å². The van der Waals surface area contributed by atoms with Gasteiger partial charge in [0.15, 0.2) is 0 Å². The largest absolute Gasteiger partial charge is 0.496 e. The SMILES string of the molecule is COCc1nc(C(=O)N(C)C2CCN(Cc3ncc(C)c(OC)c3C)CC2)cs1. The second-order valence-corrected chi connectivity index (χ2v) is 8.47. The summed E-state index contributed by atoms with van der Waals surface area (Å²) in [5.74, 6) is 0.911. The van der Waals surface area contributed by atoms with Crippen molar-refractivity contribution in [3.63, 3.8) is 0 Å². The third-order valence-electron chi connectivity index (χ3n) is 5.59. The second kappa shape index (κ2) is 9.65. The highest BCUT2D eigenvalue weighted by atomic mass is 32.1. The van der Waals surface area contributed by atoms with Crippen molar-refractivity contribution in [3.8, 4) is 5.75 Å². The highest BCUT2D eigenvalue weighted by molar-refractivity contribution is 7.09. The number of pyridine rings is 1. The predicted octanol–water partition coefficient (Wildman–Crippen LogP) is 3.05.